The summed E-state index contributed by atoms with van der Waals surface area (Å²) in [5.74, 6) is 2.90. The topological polar surface area (TPSA) is 0 Å². The number of hydrogen-bond donors (Lipinski definition) is 0. The summed E-state index contributed by atoms with van der Waals surface area (Å²) in [6.45, 7) is 16.3. The molecule has 0 saturated heterocycles. The van der Waals surface area contributed by atoms with E-state index in [9.17, 15) is 0 Å². The molecule has 0 aliphatic heterocycles. The molecule has 0 nitrogen and oxygen atoms in total. The fraction of sp³-hybridized carbons (Fsp3) is 0.941. The Morgan fingerprint density at radius 2 is 0.615 bits per heavy atom. The summed E-state index contributed by atoms with van der Waals surface area (Å²) in [6.07, 6.45) is 57.1. The van der Waals surface area contributed by atoms with E-state index in [2.05, 4.69) is 58.2 Å². The molecule has 0 heterocycles. The number of hydrogen-bond acceptors (Lipinski definition) is 0. The van der Waals surface area contributed by atoms with Gasteiger partial charge in [-0.15, -0.1) is 0 Å². The van der Waals surface area contributed by atoms with Gasteiger partial charge in [0.05, 0.1) is 0 Å². The smallest absolute Gasteiger partial charge is 0.0654 e. The van der Waals surface area contributed by atoms with Gasteiger partial charge in [0, 0.05) is 0 Å². The first kappa shape index (κ1) is 52.2. The number of unbranched alkanes of at least 4 members (excludes halogenated alkanes) is 20. The second-order valence-electron chi connectivity index (χ2n) is 17.8. The third kappa shape index (κ3) is 37.1. The molecule has 0 saturated carbocycles. The Kier molecular flexibility index (Phi) is 42.5. The van der Waals surface area contributed by atoms with Crippen molar-refractivity contribution in [3.8, 4) is 0 Å². The van der Waals surface area contributed by atoms with Gasteiger partial charge in [0.1, 0.15) is 0 Å². The number of rotatable bonds is 44. The van der Waals surface area contributed by atoms with Crippen LogP contribution in [0.4, 0.5) is 0 Å². The van der Waals surface area contributed by atoms with Gasteiger partial charge in [-0.2, -0.15) is 0 Å². The van der Waals surface area contributed by atoms with Gasteiger partial charge in [-0.05, 0) is 18.8 Å². The van der Waals surface area contributed by atoms with Crippen LogP contribution < -0.4 is 0 Å². The first-order valence-electron chi connectivity index (χ1n) is 24.7. The summed E-state index contributed by atoms with van der Waals surface area (Å²) in [4.78, 5) is 0. The van der Waals surface area contributed by atoms with Crippen molar-refractivity contribution >= 4 is 4.23 Å². The van der Waals surface area contributed by atoms with Crippen LogP contribution in [0.25, 0.3) is 0 Å². The Balaban J connectivity index is 4.22. The van der Waals surface area contributed by atoms with Crippen LogP contribution in [-0.2, 0) is 17.0 Å². The molecule has 0 bridgehead atoms. The average Bonchev–Trinajstić information content (AvgIpc) is 3.14. The maximum absolute atomic E-state index is 4.56. The van der Waals surface area contributed by atoms with E-state index >= 15 is 0 Å². The van der Waals surface area contributed by atoms with Crippen LogP contribution in [0.1, 0.15) is 291 Å². The van der Waals surface area contributed by atoms with Crippen LogP contribution in [0, 0.1) is 17.8 Å². The molecule has 0 N–H and O–H groups in total. The van der Waals surface area contributed by atoms with Crippen molar-refractivity contribution in [1.82, 2.24) is 0 Å². The van der Waals surface area contributed by atoms with Crippen LogP contribution in [0.3, 0.4) is 0 Å². The molecule has 0 aromatic heterocycles. The van der Waals surface area contributed by atoms with Gasteiger partial charge >= 0.3 is 221 Å². The molecule has 0 spiro atoms. The minimum absolute atomic E-state index is 0.952. The molecule has 0 aromatic rings. The van der Waals surface area contributed by atoms with Gasteiger partial charge in [0.2, 0.25) is 0 Å². The van der Waals surface area contributed by atoms with Crippen molar-refractivity contribution < 1.29 is 17.0 Å². The van der Waals surface area contributed by atoms with Crippen molar-refractivity contribution in [2.45, 2.75) is 291 Å². The van der Waals surface area contributed by atoms with E-state index in [4.69, 9.17) is 0 Å². The van der Waals surface area contributed by atoms with Crippen LogP contribution in [-0.4, -0.2) is 4.23 Å². The summed E-state index contributed by atoms with van der Waals surface area (Å²) in [5, 5.41) is 0. The predicted octanol–water partition coefficient (Wildman–Crippen LogP) is 18.8. The van der Waals surface area contributed by atoms with Gasteiger partial charge in [0.25, 0.3) is 0 Å². The molecular weight excluding hydrogens is 664 g/mol. The Morgan fingerprint density at radius 3 is 1.02 bits per heavy atom. The predicted molar refractivity (Wildman–Crippen MR) is 238 cm³/mol. The molecule has 0 amide bonds. The van der Waals surface area contributed by atoms with Gasteiger partial charge in [-0.1, -0.05) is 103 Å². The van der Waals surface area contributed by atoms with Crippen LogP contribution in [0.15, 0.2) is 12.2 Å². The van der Waals surface area contributed by atoms with Crippen molar-refractivity contribution in [3.05, 3.63) is 12.2 Å². The first-order valence-corrected chi connectivity index (χ1v) is 25.4. The van der Waals surface area contributed by atoms with E-state index in [0.29, 0.717) is 0 Å². The minimum Gasteiger partial charge on any atom is -0.0654 e. The van der Waals surface area contributed by atoms with Gasteiger partial charge in [0.15, 0.2) is 0 Å². The normalized spacial score (nSPS) is 13.4. The quantitative estimate of drug-likeness (QED) is 0.0428. The van der Waals surface area contributed by atoms with Crippen LogP contribution in [0.2, 0.25) is 0 Å². The molecule has 0 fully saturated rings. The molecule has 0 rings (SSSR count). The zero-order valence-corrected chi connectivity index (χ0v) is 38.6. The summed E-state index contributed by atoms with van der Waals surface area (Å²) < 4.78 is 1.74. The SMILES string of the molecule is C=C(CCCCCC(CCC)CCCCC[C](=[V])CCC(CCCCCC)CCCCCCCC)CCC(CCCCCC)CCCCCCCC. The average molecular weight is 764 g/mol. The first-order chi connectivity index (χ1) is 25.5. The zero-order valence-electron chi connectivity index (χ0n) is 37.2. The van der Waals surface area contributed by atoms with E-state index in [1.807, 2.05) is 0 Å². The minimum atomic E-state index is 0.952. The molecule has 0 aliphatic carbocycles. The fourth-order valence-electron chi connectivity index (χ4n) is 8.81. The Bertz CT molecular complexity index is 665. The molecular formula is C51H100V. The van der Waals surface area contributed by atoms with E-state index in [1.54, 1.807) is 9.80 Å². The standard InChI is InChI=1S/C51H100.V/c1-7-12-16-20-24-33-42-50(41-30-18-14-9-3)43-34-27-23-22-26-32-39-49(37-11-5)40-36-28-29-38-48(6)46-47-51(44-31-19-15-10-4)45-35-25-21-17-13-8-2;/h49-51H,6-26,28-47H2,1-5H3;. The maximum atomic E-state index is 4.56. The van der Waals surface area contributed by atoms with Crippen molar-refractivity contribution in [3.63, 3.8) is 0 Å². The Hall–Kier alpha value is 0.194. The van der Waals surface area contributed by atoms with Crippen LogP contribution >= 0.6 is 0 Å². The van der Waals surface area contributed by atoms with Crippen molar-refractivity contribution in [1.29, 1.82) is 0 Å². The van der Waals surface area contributed by atoms with Crippen molar-refractivity contribution in [2.75, 3.05) is 0 Å². The van der Waals surface area contributed by atoms with Gasteiger partial charge in [-0.25, -0.2) is 0 Å². The summed E-state index contributed by atoms with van der Waals surface area (Å²) >= 11 is 3.00. The molecule has 0 aromatic carbocycles. The molecule has 1 heteroatoms. The van der Waals surface area contributed by atoms with E-state index < -0.39 is 0 Å². The van der Waals surface area contributed by atoms with Gasteiger partial charge < -0.3 is 0 Å². The van der Waals surface area contributed by atoms with E-state index in [0.717, 1.165) is 17.8 Å². The molecule has 3 atom stereocenters. The molecule has 0 aliphatic rings. The van der Waals surface area contributed by atoms with Crippen molar-refractivity contribution in [2.24, 2.45) is 17.8 Å². The molecule has 0 radical (unpaired) electrons. The van der Waals surface area contributed by atoms with E-state index in [-0.39, 0.29) is 0 Å². The number of allylic oxidation sites excluding steroid dienone is 1. The monoisotopic (exact) mass is 764 g/mol. The Labute approximate surface area is 341 Å². The fourth-order valence-corrected chi connectivity index (χ4v) is 9.25. The second-order valence-corrected chi connectivity index (χ2v) is 18.8. The zero-order chi connectivity index (χ0) is 38.2. The summed E-state index contributed by atoms with van der Waals surface area (Å²) in [5.41, 5.74) is 1.55. The van der Waals surface area contributed by atoms with E-state index in [1.165, 1.54) is 257 Å². The second kappa shape index (κ2) is 42.3. The van der Waals surface area contributed by atoms with Crippen LogP contribution in [0.5, 0.6) is 0 Å². The summed E-state index contributed by atoms with van der Waals surface area (Å²) in [7, 11) is 0. The third-order valence-electron chi connectivity index (χ3n) is 12.5. The summed E-state index contributed by atoms with van der Waals surface area (Å²) in [6, 6.07) is 0. The molecule has 309 valence electrons. The van der Waals surface area contributed by atoms with Gasteiger partial charge in [-0.3, -0.25) is 0 Å². The molecule has 52 heavy (non-hydrogen) atoms. The third-order valence-corrected chi connectivity index (χ3v) is 13.2. The molecule has 3 unspecified atom stereocenters. The Morgan fingerprint density at radius 1 is 0.308 bits per heavy atom.